The molecule has 0 spiro atoms. The number of rotatable bonds is 5. The normalized spacial score (nSPS) is 9.76. The number of hydrogen-bond donors (Lipinski definition) is 3. The Bertz CT molecular complexity index is 626. The molecule has 3 N–H and O–H groups in total. The molecule has 0 unspecified atom stereocenters. The molecule has 0 aromatic heterocycles. The van der Waals surface area contributed by atoms with E-state index >= 15 is 0 Å². The zero-order valence-electron chi connectivity index (χ0n) is 11.7. The number of carbonyl (C=O) groups is 2. The zero-order chi connectivity index (χ0) is 15.1. The van der Waals surface area contributed by atoms with Crippen molar-refractivity contribution in [2.45, 2.75) is 0 Å². The Morgan fingerprint density at radius 1 is 0.952 bits per heavy atom. The van der Waals surface area contributed by atoms with Crippen LogP contribution in [0, 0.1) is 0 Å². The quantitative estimate of drug-likeness (QED) is 0.785. The highest BCUT2D eigenvalue weighted by atomic mass is 16.2. The van der Waals surface area contributed by atoms with Crippen molar-refractivity contribution < 1.29 is 9.59 Å². The molecule has 5 nitrogen and oxygen atoms in total. The molecule has 2 aromatic carbocycles. The van der Waals surface area contributed by atoms with Gasteiger partial charge in [0.1, 0.15) is 0 Å². The summed E-state index contributed by atoms with van der Waals surface area (Å²) in [5.41, 5.74) is 2.08. The second kappa shape index (κ2) is 7.09. The molecule has 5 heteroatoms. The highest BCUT2D eigenvalue weighted by molar-refractivity contribution is 6.01. The molecule has 2 amide bonds. The number of para-hydroxylation sites is 2. The number of anilines is 2. The van der Waals surface area contributed by atoms with Crippen LogP contribution < -0.4 is 16.0 Å². The van der Waals surface area contributed by atoms with Gasteiger partial charge in [-0.1, -0.05) is 30.3 Å². The van der Waals surface area contributed by atoms with Crippen LogP contribution >= 0.6 is 0 Å². The molecular formula is C16H17N3O2. The Balaban J connectivity index is 2.13. The smallest absolute Gasteiger partial charge is 0.253 e. The van der Waals surface area contributed by atoms with Gasteiger partial charge in [-0.15, -0.1) is 0 Å². The van der Waals surface area contributed by atoms with Crippen molar-refractivity contribution in [2.75, 3.05) is 18.9 Å². The van der Waals surface area contributed by atoms with Crippen molar-refractivity contribution in [1.82, 2.24) is 10.6 Å². The van der Waals surface area contributed by atoms with Crippen molar-refractivity contribution in [3.8, 4) is 0 Å². The number of likely N-dealkylation sites (N-methyl/N-ethyl adjacent to an activating group) is 1. The maximum atomic E-state index is 12.1. The van der Waals surface area contributed by atoms with Crippen LogP contribution in [-0.2, 0) is 4.79 Å². The summed E-state index contributed by atoms with van der Waals surface area (Å²) in [5, 5.41) is 8.24. The SMILES string of the molecule is CNC(=O)CNC(=O)c1ccccc1Nc1ccccc1. The van der Waals surface area contributed by atoms with Gasteiger partial charge in [0.15, 0.2) is 0 Å². The first-order valence-electron chi connectivity index (χ1n) is 6.60. The van der Waals surface area contributed by atoms with Crippen LogP contribution in [0.15, 0.2) is 54.6 Å². The van der Waals surface area contributed by atoms with Crippen LogP contribution in [0.2, 0.25) is 0 Å². The van der Waals surface area contributed by atoms with Crippen molar-refractivity contribution >= 4 is 23.2 Å². The predicted molar refractivity (Wildman–Crippen MR) is 82.6 cm³/mol. The average Bonchev–Trinajstić information content (AvgIpc) is 2.53. The van der Waals surface area contributed by atoms with Gasteiger partial charge in [0, 0.05) is 12.7 Å². The van der Waals surface area contributed by atoms with Gasteiger partial charge in [0.25, 0.3) is 5.91 Å². The van der Waals surface area contributed by atoms with E-state index in [0.717, 1.165) is 5.69 Å². The van der Waals surface area contributed by atoms with Gasteiger partial charge in [0.05, 0.1) is 17.8 Å². The van der Waals surface area contributed by atoms with E-state index in [1.54, 1.807) is 12.1 Å². The van der Waals surface area contributed by atoms with Gasteiger partial charge >= 0.3 is 0 Å². The fraction of sp³-hybridized carbons (Fsp3) is 0.125. The summed E-state index contributed by atoms with van der Waals surface area (Å²) in [5.74, 6) is -0.533. The minimum atomic E-state index is -0.294. The Morgan fingerprint density at radius 2 is 1.62 bits per heavy atom. The lowest BCUT2D eigenvalue weighted by atomic mass is 10.1. The third kappa shape index (κ3) is 4.07. The van der Waals surface area contributed by atoms with Gasteiger partial charge in [-0.3, -0.25) is 9.59 Å². The average molecular weight is 283 g/mol. The van der Waals surface area contributed by atoms with Gasteiger partial charge in [-0.05, 0) is 24.3 Å². The van der Waals surface area contributed by atoms with Crippen molar-refractivity contribution in [3.05, 3.63) is 60.2 Å². The van der Waals surface area contributed by atoms with E-state index in [1.165, 1.54) is 7.05 Å². The topological polar surface area (TPSA) is 70.2 Å². The summed E-state index contributed by atoms with van der Waals surface area (Å²) < 4.78 is 0. The minimum Gasteiger partial charge on any atom is -0.358 e. The molecule has 0 aliphatic rings. The van der Waals surface area contributed by atoms with Gasteiger partial charge in [-0.2, -0.15) is 0 Å². The molecule has 2 rings (SSSR count). The molecule has 0 atom stereocenters. The molecule has 2 aromatic rings. The number of nitrogens with one attached hydrogen (secondary N) is 3. The summed E-state index contributed by atoms with van der Waals surface area (Å²) in [6.07, 6.45) is 0. The van der Waals surface area contributed by atoms with E-state index in [0.29, 0.717) is 11.3 Å². The summed E-state index contributed by atoms with van der Waals surface area (Å²) in [7, 11) is 1.53. The second-order valence-electron chi connectivity index (χ2n) is 4.39. The van der Waals surface area contributed by atoms with E-state index < -0.39 is 0 Å². The standard InChI is InChI=1S/C16H17N3O2/c1-17-15(20)11-18-16(21)13-9-5-6-10-14(13)19-12-7-3-2-4-8-12/h2-10,19H,11H2,1H3,(H,17,20)(H,18,21). The molecule has 0 saturated carbocycles. The molecular weight excluding hydrogens is 266 g/mol. The summed E-state index contributed by atoms with van der Waals surface area (Å²) >= 11 is 0. The number of benzene rings is 2. The summed E-state index contributed by atoms with van der Waals surface area (Å²) in [6.45, 7) is -0.0466. The van der Waals surface area contributed by atoms with Crippen LogP contribution in [0.5, 0.6) is 0 Å². The van der Waals surface area contributed by atoms with Crippen LogP contribution in [-0.4, -0.2) is 25.4 Å². The van der Waals surface area contributed by atoms with Crippen LogP contribution in [0.25, 0.3) is 0 Å². The van der Waals surface area contributed by atoms with Gasteiger partial charge in [-0.25, -0.2) is 0 Å². The summed E-state index contributed by atoms with van der Waals surface area (Å²) in [6, 6.07) is 16.7. The first kappa shape index (κ1) is 14.6. The second-order valence-corrected chi connectivity index (χ2v) is 4.39. The maximum Gasteiger partial charge on any atom is 0.253 e. The number of amides is 2. The first-order valence-corrected chi connectivity index (χ1v) is 6.60. The molecule has 21 heavy (non-hydrogen) atoms. The lowest BCUT2D eigenvalue weighted by molar-refractivity contribution is -0.119. The van der Waals surface area contributed by atoms with Gasteiger partial charge in [0.2, 0.25) is 5.91 Å². The molecule has 0 aliphatic carbocycles. The fourth-order valence-corrected chi connectivity index (χ4v) is 1.81. The molecule has 0 fully saturated rings. The predicted octanol–water partition coefficient (Wildman–Crippen LogP) is 1.91. The lowest BCUT2D eigenvalue weighted by Crippen LogP contribution is -2.35. The van der Waals surface area contributed by atoms with E-state index in [1.807, 2.05) is 42.5 Å². The van der Waals surface area contributed by atoms with Crippen LogP contribution in [0.4, 0.5) is 11.4 Å². The lowest BCUT2D eigenvalue weighted by Gasteiger charge is -2.12. The Kier molecular flexibility index (Phi) is 4.93. The molecule has 0 aliphatic heterocycles. The maximum absolute atomic E-state index is 12.1. The monoisotopic (exact) mass is 283 g/mol. The minimum absolute atomic E-state index is 0.0466. The molecule has 108 valence electrons. The molecule has 0 heterocycles. The van der Waals surface area contributed by atoms with Crippen LogP contribution in [0.3, 0.4) is 0 Å². The fourth-order valence-electron chi connectivity index (χ4n) is 1.81. The third-order valence-electron chi connectivity index (χ3n) is 2.91. The molecule has 0 radical (unpaired) electrons. The number of hydrogen-bond acceptors (Lipinski definition) is 3. The Labute approximate surface area is 123 Å². The van der Waals surface area contributed by atoms with E-state index in [2.05, 4.69) is 16.0 Å². The van der Waals surface area contributed by atoms with Crippen molar-refractivity contribution in [3.63, 3.8) is 0 Å². The largest absolute Gasteiger partial charge is 0.358 e. The Hall–Kier alpha value is -2.82. The molecule has 0 saturated heterocycles. The Morgan fingerprint density at radius 3 is 2.33 bits per heavy atom. The summed E-state index contributed by atoms with van der Waals surface area (Å²) in [4.78, 5) is 23.3. The van der Waals surface area contributed by atoms with E-state index in [9.17, 15) is 9.59 Å². The molecule has 0 bridgehead atoms. The highest BCUT2D eigenvalue weighted by Gasteiger charge is 2.11. The van der Waals surface area contributed by atoms with E-state index in [4.69, 9.17) is 0 Å². The third-order valence-corrected chi connectivity index (χ3v) is 2.91. The highest BCUT2D eigenvalue weighted by Crippen LogP contribution is 2.20. The van der Waals surface area contributed by atoms with Crippen LogP contribution in [0.1, 0.15) is 10.4 Å². The number of carbonyl (C=O) groups excluding carboxylic acids is 2. The van der Waals surface area contributed by atoms with Gasteiger partial charge < -0.3 is 16.0 Å². The van der Waals surface area contributed by atoms with Crippen molar-refractivity contribution in [1.29, 1.82) is 0 Å². The zero-order valence-corrected chi connectivity index (χ0v) is 11.7. The first-order chi connectivity index (χ1) is 10.2. The van der Waals surface area contributed by atoms with E-state index in [-0.39, 0.29) is 18.4 Å². The van der Waals surface area contributed by atoms with Crippen molar-refractivity contribution in [2.24, 2.45) is 0 Å².